The first-order valence-electron chi connectivity index (χ1n) is 17.8. The van der Waals surface area contributed by atoms with Crippen molar-refractivity contribution in [3.8, 4) is 0 Å². The van der Waals surface area contributed by atoms with Crippen molar-refractivity contribution >= 4 is 48.2 Å². The Hall–Kier alpha value is -2.12. The fourth-order valence-corrected chi connectivity index (χ4v) is 6.92. The third kappa shape index (κ3) is 23.7. The molecule has 54 heavy (non-hydrogen) atoms. The molecule has 2 aromatic rings. The average molecular weight is 856 g/mol. The SMILES string of the molecule is BrCCOCc1ccccc1.CC(C)(C)OC(=O)NS(=O)(=O)C1(CCOCc2ccccc2)CC1.CC(C)(C)OC(=O)NS(=O)(=O)C1CC1.[CH2-]CCC.[Li+]. The van der Waals surface area contributed by atoms with Gasteiger partial charge in [0.05, 0.1) is 29.8 Å². The summed E-state index contributed by atoms with van der Waals surface area (Å²) in [6, 6.07) is 19.9. The summed E-state index contributed by atoms with van der Waals surface area (Å²) < 4.78 is 71.1. The summed E-state index contributed by atoms with van der Waals surface area (Å²) in [5.74, 6) is 0. The molecule has 2 aliphatic carbocycles. The minimum absolute atomic E-state index is 0. The Labute approximate surface area is 345 Å². The van der Waals surface area contributed by atoms with E-state index in [1.807, 2.05) is 58.0 Å². The van der Waals surface area contributed by atoms with Gasteiger partial charge in [0, 0.05) is 11.9 Å². The quantitative estimate of drug-likeness (QED) is 0.112. The van der Waals surface area contributed by atoms with E-state index >= 15 is 0 Å². The average Bonchev–Trinajstić information content (AvgIpc) is 3.98. The number of hydrogen-bond acceptors (Lipinski definition) is 10. The molecule has 0 bridgehead atoms. The molecule has 0 radical (unpaired) electrons. The molecular formula is C38H60BrLiN2O10S2. The number of benzene rings is 2. The molecule has 0 aromatic heterocycles. The number of sulfonamides is 2. The van der Waals surface area contributed by atoms with Gasteiger partial charge in [-0.15, -0.1) is 0 Å². The van der Waals surface area contributed by atoms with Gasteiger partial charge in [-0.05, 0) is 84.8 Å². The van der Waals surface area contributed by atoms with Gasteiger partial charge < -0.3 is 25.9 Å². The molecule has 0 unspecified atom stereocenters. The Balaban J connectivity index is 0.000000795. The van der Waals surface area contributed by atoms with Gasteiger partial charge in [0.2, 0.25) is 20.0 Å². The zero-order valence-electron chi connectivity index (χ0n) is 33.3. The second-order valence-electron chi connectivity index (χ2n) is 14.5. The second-order valence-corrected chi connectivity index (χ2v) is 19.3. The second kappa shape index (κ2) is 25.2. The molecule has 12 nitrogen and oxygen atoms in total. The number of nitrogens with one attached hydrogen (secondary N) is 2. The first-order valence-corrected chi connectivity index (χ1v) is 21.9. The van der Waals surface area contributed by atoms with E-state index in [2.05, 4.69) is 41.9 Å². The molecule has 0 atom stereocenters. The predicted molar refractivity (Wildman–Crippen MR) is 212 cm³/mol. The summed E-state index contributed by atoms with van der Waals surface area (Å²) in [5.41, 5.74) is 0.851. The van der Waals surface area contributed by atoms with Crippen molar-refractivity contribution in [1.29, 1.82) is 0 Å². The summed E-state index contributed by atoms with van der Waals surface area (Å²) in [5, 5.41) is 0.495. The Morgan fingerprint density at radius 2 is 1.19 bits per heavy atom. The van der Waals surface area contributed by atoms with Crippen LogP contribution in [0.1, 0.15) is 105 Å². The standard InChI is InChI=1S/C17H25NO5S.C9H11BrO.C8H15NO4S.C4H9.Li/c1-16(2,3)23-15(19)18-24(20,21)17(9-10-17)11-12-22-13-14-7-5-4-6-8-14;10-6-7-11-8-9-4-2-1-3-5-9;1-8(2,3)13-7(10)9-14(11,12)6-4-5-6;1-3-4-2;/h4-8H,9-13H2,1-3H3,(H,18,19);1-5H,6-8H2;6H,4-5H2,1-3H3,(H,9,10);1,3-4H2,2H3;/q;;;-1;+1. The van der Waals surface area contributed by atoms with Gasteiger partial charge in [0.25, 0.3) is 0 Å². The van der Waals surface area contributed by atoms with Crippen LogP contribution in [0.5, 0.6) is 0 Å². The third-order valence-corrected chi connectivity index (χ3v) is 11.4. The number of carbonyl (C=O) groups excluding carboxylic acids is 2. The number of amides is 2. The van der Waals surface area contributed by atoms with E-state index in [0.717, 1.165) is 23.9 Å². The van der Waals surface area contributed by atoms with Crippen molar-refractivity contribution in [1.82, 2.24) is 9.44 Å². The fraction of sp³-hybridized carbons (Fsp3) is 0.605. The zero-order valence-corrected chi connectivity index (χ0v) is 36.5. The van der Waals surface area contributed by atoms with Gasteiger partial charge in [-0.25, -0.2) is 35.9 Å². The van der Waals surface area contributed by atoms with Crippen LogP contribution >= 0.6 is 15.9 Å². The van der Waals surface area contributed by atoms with E-state index in [-0.39, 0.29) is 18.9 Å². The van der Waals surface area contributed by atoms with Crippen LogP contribution in [0.3, 0.4) is 0 Å². The molecule has 2 saturated carbocycles. The van der Waals surface area contributed by atoms with Crippen molar-refractivity contribution in [3.05, 3.63) is 78.7 Å². The summed E-state index contributed by atoms with van der Waals surface area (Å²) in [4.78, 5) is 22.8. The van der Waals surface area contributed by atoms with E-state index in [9.17, 15) is 26.4 Å². The van der Waals surface area contributed by atoms with Gasteiger partial charge in [-0.2, -0.15) is 6.42 Å². The van der Waals surface area contributed by atoms with Gasteiger partial charge in [-0.3, -0.25) is 0 Å². The molecule has 0 aliphatic heterocycles. The van der Waals surface area contributed by atoms with Gasteiger partial charge in [-0.1, -0.05) is 89.9 Å². The number of halogens is 1. The van der Waals surface area contributed by atoms with Crippen LogP contribution in [0.25, 0.3) is 0 Å². The molecule has 2 aliphatic rings. The molecule has 2 N–H and O–H groups in total. The van der Waals surface area contributed by atoms with Crippen LogP contribution in [0.4, 0.5) is 9.59 Å². The maximum absolute atomic E-state index is 12.4. The summed E-state index contributed by atoms with van der Waals surface area (Å²) >= 11 is 3.30. The first-order chi connectivity index (χ1) is 24.7. The predicted octanol–water partition coefficient (Wildman–Crippen LogP) is 5.21. The first kappa shape index (κ1) is 51.9. The van der Waals surface area contributed by atoms with Crippen molar-refractivity contribution in [2.24, 2.45) is 0 Å². The van der Waals surface area contributed by atoms with Gasteiger partial charge in [0.15, 0.2) is 0 Å². The smallest absolute Gasteiger partial charge is 0.443 e. The van der Waals surface area contributed by atoms with Crippen LogP contribution in [0.15, 0.2) is 60.7 Å². The van der Waals surface area contributed by atoms with Crippen molar-refractivity contribution in [3.63, 3.8) is 0 Å². The summed E-state index contributed by atoms with van der Waals surface area (Å²) in [6.07, 6.45) is 3.11. The molecular weight excluding hydrogens is 795 g/mol. The normalized spacial score (nSPS) is 14.5. The van der Waals surface area contributed by atoms with Gasteiger partial charge >= 0.3 is 31.0 Å². The van der Waals surface area contributed by atoms with Crippen LogP contribution in [-0.2, 0) is 52.2 Å². The minimum atomic E-state index is -3.77. The molecule has 2 aromatic carbocycles. The molecule has 302 valence electrons. The van der Waals surface area contributed by atoms with Crippen molar-refractivity contribution < 1.29 is 64.2 Å². The van der Waals surface area contributed by atoms with E-state index in [0.29, 0.717) is 51.9 Å². The topological polar surface area (TPSA) is 163 Å². The third-order valence-electron chi connectivity index (χ3n) is 7.08. The summed E-state index contributed by atoms with van der Waals surface area (Å²) in [7, 11) is -7.25. The van der Waals surface area contributed by atoms with Crippen molar-refractivity contribution in [2.75, 3.05) is 18.5 Å². The zero-order chi connectivity index (χ0) is 40.2. The van der Waals surface area contributed by atoms with Crippen LogP contribution in [0.2, 0.25) is 0 Å². The monoisotopic (exact) mass is 854 g/mol. The number of ether oxygens (including phenoxy) is 4. The Morgan fingerprint density at radius 3 is 1.54 bits per heavy atom. The maximum atomic E-state index is 12.4. The molecule has 2 amide bonds. The molecule has 16 heteroatoms. The fourth-order valence-electron chi connectivity index (χ4n) is 4.03. The minimum Gasteiger partial charge on any atom is -0.443 e. The Bertz CT molecular complexity index is 1560. The van der Waals surface area contributed by atoms with Crippen molar-refractivity contribution in [2.45, 2.75) is 128 Å². The largest absolute Gasteiger partial charge is 1.00 e. The number of unbranched alkanes of at least 4 members (excludes halogenated alkanes) is 1. The van der Waals surface area contributed by atoms with Crippen LogP contribution < -0.4 is 28.3 Å². The molecule has 0 saturated heterocycles. The Morgan fingerprint density at radius 1 is 0.778 bits per heavy atom. The van der Waals surface area contributed by atoms with Gasteiger partial charge in [0.1, 0.15) is 11.2 Å². The molecule has 0 spiro atoms. The number of rotatable bonds is 14. The van der Waals surface area contributed by atoms with Crippen LogP contribution in [-0.4, -0.2) is 68.8 Å². The molecule has 4 rings (SSSR count). The van der Waals surface area contributed by atoms with E-state index in [1.165, 1.54) is 12.0 Å². The van der Waals surface area contributed by atoms with E-state index in [1.54, 1.807) is 41.5 Å². The van der Waals surface area contributed by atoms with E-state index < -0.39 is 53.4 Å². The number of alkyl halides is 1. The van der Waals surface area contributed by atoms with E-state index in [4.69, 9.17) is 18.9 Å². The molecule has 2 fully saturated rings. The number of carbonyl (C=O) groups is 2. The maximum Gasteiger partial charge on any atom is 1.00 e. The number of hydrogen-bond donors (Lipinski definition) is 2. The molecule has 0 heterocycles. The summed E-state index contributed by atoms with van der Waals surface area (Å²) in [6.45, 7) is 18.1. The Kier molecular flexibility index (Phi) is 24.2. The van der Waals surface area contributed by atoms with Crippen LogP contribution in [0, 0.1) is 6.92 Å².